The van der Waals surface area contributed by atoms with Crippen molar-refractivity contribution in [2.45, 2.75) is 26.7 Å². The Bertz CT molecular complexity index is 458. The molecule has 0 radical (unpaired) electrons. The van der Waals surface area contributed by atoms with Gasteiger partial charge in [-0.15, -0.1) is 0 Å². The van der Waals surface area contributed by atoms with Crippen molar-refractivity contribution in [1.29, 1.82) is 0 Å². The number of amides is 2. The monoisotopic (exact) mass is 277 g/mol. The largest absolute Gasteiger partial charge is 0.399 e. The molecule has 1 aromatic carbocycles. The molecule has 20 heavy (non-hydrogen) atoms. The first-order chi connectivity index (χ1) is 9.50. The van der Waals surface area contributed by atoms with Gasteiger partial charge in [0.05, 0.1) is 0 Å². The van der Waals surface area contributed by atoms with Gasteiger partial charge in [0, 0.05) is 31.1 Å². The lowest BCUT2D eigenvalue weighted by molar-refractivity contribution is -0.124. The number of benzene rings is 1. The Morgan fingerprint density at radius 1 is 1.15 bits per heavy atom. The summed E-state index contributed by atoms with van der Waals surface area (Å²) < 4.78 is 0. The Morgan fingerprint density at radius 2 is 1.80 bits per heavy atom. The summed E-state index contributed by atoms with van der Waals surface area (Å²) in [5.74, 6) is -0.0740. The van der Waals surface area contributed by atoms with Gasteiger partial charge in [0.1, 0.15) is 0 Å². The van der Waals surface area contributed by atoms with Crippen LogP contribution in [-0.4, -0.2) is 24.9 Å². The minimum atomic E-state index is -0.0354. The number of carbonyl (C=O) groups is 2. The van der Waals surface area contributed by atoms with Crippen molar-refractivity contribution in [2.24, 2.45) is 5.92 Å². The van der Waals surface area contributed by atoms with Crippen molar-refractivity contribution >= 4 is 17.5 Å². The molecule has 0 spiro atoms. The van der Waals surface area contributed by atoms with Gasteiger partial charge in [-0.1, -0.05) is 32.0 Å². The summed E-state index contributed by atoms with van der Waals surface area (Å²) in [5.41, 5.74) is 7.51. The highest BCUT2D eigenvalue weighted by molar-refractivity contribution is 5.78. The van der Waals surface area contributed by atoms with Crippen LogP contribution in [-0.2, 0) is 16.0 Å². The van der Waals surface area contributed by atoms with Crippen molar-refractivity contribution in [3.63, 3.8) is 0 Å². The smallest absolute Gasteiger partial charge is 0.222 e. The summed E-state index contributed by atoms with van der Waals surface area (Å²) in [4.78, 5) is 22.9. The van der Waals surface area contributed by atoms with Gasteiger partial charge in [0.25, 0.3) is 0 Å². The molecule has 5 heteroatoms. The molecule has 0 aliphatic carbocycles. The second-order valence-electron chi connectivity index (χ2n) is 4.99. The summed E-state index contributed by atoms with van der Waals surface area (Å²) in [6.07, 6.45) is 1.02. The van der Waals surface area contributed by atoms with Crippen molar-refractivity contribution < 1.29 is 9.59 Å². The molecule has 1 aromatic rings. The van der Waals surface area contributed by atoms with E-state index in [0.29, 0.717) is 31.6 Å². The third-order valence-corrected chi connectivity index (χ3v) is 2.95. The molecule has 0 heterocycles. The Labute approximate surface area is 119 Å². The predicted octanol–water partition coefficient (Wildman–Crippen LogP) is 1.09. The van der Waals surface area contributed by atoms with Crippen LogP contribution in [0.25, 0.3) is 0 Å². The van der Waals surface area contributed by atoms with E-state index in [2.05, 4.69) is 10.6 Å². The summed E-state index contributed by atoms with van der Waals surface area (Å²) >= 11 is 0. The molecule has 0 bridgehead atoms. The fourth-order valence-electron chi connectivity index (χ4n) is 1.69. The van der Waals surface area contributed by atoms with Crippen LogP contribution in [0.4, 0.5) is 5.69 Å². The lowest BCUT2D eigenvalue weighted by Gasteiger charge is -2.09. The van der Waals surface area contributed by atoms with E-state index in [4.69, 9.17) is 5.73 Å². The zero-order valence-electron chi connectivity index (χ0n) is 12.1. The fourth-order valence-corrected chi connectivity index (χ4v) is 1.69. The highest BCUT2D eigenvalue weighted by Gasteiger charge is 2.06. The number of para-hydroxylation sites is 1. The SMILES string of the molecule is CC(C)C(=O)NCCNC(=O)CCc1ccccc1N. The predicted molar refractivity (Wildman–Crippen MR) is 80.0 cm³/mol. The molecule has 4 N–H and O–H groups in total. The van der Waals surface area contributed by atoms with E-state index in [1.807, 2.05) is 38.1 Å². The molecule has 0 saturated heterocycles. The van der Waals surface area contributed by atoms with Crippen LogP contribution in [0.2, 0.25) is 0 Å². The number of hydrogen-bond acceptors (Lipinski definition) is 3. The molecule has 110 valence electrons. The number of carbonyl (C=O) groups excluding carboxylic acids is 2. The van der Waals surface area contributed by atoms with Gasteiger partial charge < -0.3 is 16.4 Å². The number of rotatable bonds is 7. The Kier molecular flexibility index (Phi) is 6.56. The van der Waals surface area contributed by atoms with Gasteiger partial charge in [0.15, 0.2) is 0 Å². The van der Waals surface area contributed by atoms with Gasteiger partial charge in [-0.2, -0.15) is 0 Å². The lowest BCUT2D eigenvalue weighted by Crippen LogP contribution is -2.36. The molecule has 0 unspecified atom stereocenters. The van der Waals surface area contributed by atoms with Crippen molar-refractivity contribution in [3.05, 3.63) is 29.8 Å². The normalized spacial score (nSPS) is 10.3. The molecular weight excluding hydrogens is 254 g/mol. The Balaban J connectivity index is 2.18. The number of anilines is 1. The quantitative estimate of drug-likeness (QED) is 0.515. The molecule has 0 aliphatic heterocycles. The van der Waals surface area contributed by atoms with E-state index in [1.54, 1.807) is 0 Å². The average molecular weight is 277 g/mol. The lowest BCUT2D eigenvalue weighted by atomic mass is 10.1. The van der Waals surface area contributed by atoms with E-state index >= 15 is 0 Å². The first-order valence-corrected chi connectivity index (χ1v) is 6.88. The minimum Gasteiger partial charge on any atom is -0.399 e. The molecule has 0 aromatic heterocycles. The Morgan fingerprint density at radius 3 is 2.45 bits per heavy atom. The number of nitrogens with one attached hydrogen (secondary N) is 2. The zero-order valence-corrected chi connectivity index (χ0v) is 12.1. The summed E-state index contributed by atoms with van der Waals surface area (Å²) in [6.45, 7) is 4.56. The standard InChI is InChI=1S/C15H23N3O2/c1-11(2)15(20)18-10-9-17-14(19)8-7-12-5-3-4-6-13(12)16/h3-6,11H,7-10,16H2,1-2H3,(H,17,19)(H,18,20). The number of nitrogen functional groups attached to an aromatic ring is 1. The number of aryl methyl sites for hydroxylation is 1. The van der Waals surface area contributed by atoms with Gasteiger partial charge in [-0.25, -0.2) is 0 Å². The van der Waals surface area contributed by atoms with Crippen LogP contribution >= 0.6 is 0 Å². The third kappa shape index (κ3) is 5.73. The van der Waals surface area contributed by atoms with E-state index in [9.17, 15) is 9.59 Å². The highest BCUT2D eigenvalue weighted by atomic mass is 16.2. The van der Waals surface area contributed by atoms with E-state index in [0.717, 1.165) is 5.56 Å². The summed E-state index contributed by atoms with van der Waals surface area (Å²) in [7, 11) is 0. The summed E-state index contributed by atoms with van der Waals surface area (Å²) in [6, 6.07) is 7.53. The van der Waals surface area contributed by atoms with Gasteiger partial charge in [0.2, 0.25) is 11.8 Å². The van der Waals surface area contributed by atoms with Crippen molar-refractivity contribution in [2.75, 3.05) is 18.8 Å². The van der Waals surface area contributed by atoms with Crippen LogP contribution in [0.1, 0.15) is 25.8 Å². The van der Waals surface area contributed by atoms with Gasteiger partial charge in [-0.3, -0.25) is 9.59 Å². The molecule has 0 atom stereocenters. The zero-order chi connectivity index (χ0) is 15.0. The maximum Gasteiger partial charge on any atom is 0.222 e. The Hall–Kier alpha value is -2.04. The minimum absolute atomic E-state index is 0.00342. The topological polar surface area (TPSA) is 84.2 Å². The second-order valence-corrected chi connectivity index (χ2v) is 4.99. The van der Waals surface area contributed by atoms with Crippen LogP contribution in [0.3, 0.4) is 0 Å². The maximum absolute atomic E-state index is 11.6. The van der Waals surface area contributed by atoms with Crippen LogP contribution in [0, 0.1) is 5.92 Å². The fraction of sp³-hybridized carbons (Fsp3) is 0.467. The van der Waals surface area contributed by atoms with Gasteiger partial charge >= 0.3 is 0 Å². The summed E-state index contributed by atoms with van der Waals surface area (Å²) in [5, 5.41) is 5.52. The molecule has 5 nitrogen and oxygen atoms in total. The third-order valence-electron chi connectivity index (χ3n) is 2.95. The highest BCUT2D eigenvalue weighted by Crippen LogP contribution is 2.12. The van der Waals surface area contributed by atoms with Crippen molar-refractivity contribution in [3.8, 4) is 0 Å². The molecule has 1 rings (SSSR count). The first-order valence-electron chi connectivity index (χ1n) is 6.88. The van der Waals surface area contributed by atoms with E-state index in [-0.39, 0.29) is 17.7 Å². The number of nitrogens with two attached hydrogens (primary N) is 1. The van der Waals surface area contributed by atoms with E-state index < -0.39 is 0 Å². The van der Waals surface area contributed by atoms with Gasteiger partial charge in [-0.05, 0) is 18.1 Å². The molecule has 0 saturated carbocycles. The molecule has 0 aliphatic rings. The van der Waals surface area contributed by atoms with E-state index in [1.165, 1.54) is 0 Å². The molecule has 0 fully saturated rings. The molecule has 2 amide bonds. The second kappa shape index (κ2) is 8.19. The average Bonchev–Trinajstić information content (AvgIpc) is 2.42. The van der Waals surface area contributed by atoms with Crippen LogP contribution < -0.4 is 16.4 Å². The molecular formula is C15H23N3O2. The first kappa shape index (κ1) is 16.0. The van der Waals surface area contributed by atoms with Crippen LogP contribution in [0.15, 0.2) is 24.3 Å². The maximum atomic E-state index is 11.6. The van der Waals surface area contributed by atoms with Crippen molar-refractivity contribution in [1.82, 2.24) is 10.6 Å². The number of hydrogen-bond donors (Lipinski definition) is 3. The van der Waals surface area contributed by atoms with Crippen LogP contribution in [0.5, 0.6) is 0 Å².